The molecule has 1 heterocycles. The van der Waals surface area contributed by atoms with Crippen LogP contribution in [-0.4, -0.2) is 4.57 Å². The van der Waals surface area contributed by atoms with Crippen LogP contribution in [0.15, 0.2) is 71.2 Å². The van der Waals surface area contributed by atoms with Crippen LogP contribution in [0.25, 0.3) is 11.4 Å². The Morgan fingerprint density at radius 1 is 0.750 bits per heavy atom. The maximum absolute atomic E-state index is 6.35. The third-order valence-corrected chi connectivity index (χ3v) is 5.97. The van der Waals surface area contributed by atoms with E-state index in [0.717, 1.165) is 17.3 Å². The Morgan fingerprint density at radius 3 is 1.91 bits per heavy atom. The molecule has 0 atom stereocenters. The van der Waals surface area contributed by atoms with Crippen molar-refractivity contribution in [3.8, 4) is 11.4 Å². The van der Waals surface area contributed by atoms with Crippen molar-refractivity contribution in [2.24, 2.45) is 10.2 Å². The van der Waals surface area contributed by atoms with Crippen molar-refractivity contribution in [2.75, 3.05) is 0 Å². The number of nitrogens with zero attached hydrogens (tertiary/aromatic N) is 4. The minimum absolute atomic E-state index is 0.575. The first-order valence-electron chi connectivity index (χ1n) is 10.7. The molecule has 0 radical (unpaired) electrons. The summed E-state index contributed by atoms with van der Waals surface area (Å²) in [7, 11) is 0. The molecule has 0 N–H and O–H groups in total. The molecule has 0 aliphatic heterocycles. The van der Waals surface area contributed by atoms with Gasteiger partial charge in [0.2, 0.25) is 0 Å². The van der Waals surface area contributed by atoms with Gasteiger partial charge in [0, 0.05) is 5.11 Å². The molecule has 0 unspecified atom stereocenters. The lowest BCUT2D eigenvalue weighted by molar-refractivity contribution is -0.581. The molecule has 0 fully saturated rings. The molecule has 0 spiro atoms. The van der Waals surface area contributed by atoms with Gasteiger partial charge < -0.3 is 0 Å². The standard InChI is InChI=1S/C27H28ClN4/c1-17-13-19(3)25(20(4)14-17)31-11-12-32(26-21(5)15-18(2)16-22(26)6)27(31)30-29-24-10-8-7-9-23(24)28/h7-16H,1-6H3/q+1. The molecule has 32 heavy (non-hydrogen) atoms. The van der Waals surface area contributed by atoms with Crippen LogP contribution in [-0.2, 0) is 0 Å². The lowest BCUT2D eigenvalue weighted by Gasteiger charge is -2.11. The van der Waals surface area contributed by atoms with Gasteiger partial charge in [-0.2, -0.15) is 9.13 Å². The summed E-state index contributed by atoms with van der Waals surface area (Å²) in [6.45, 7) is 12.8. The van der Waals surface area contributed by atoms with Crippen LogP contribution in [0.5, 0.6) is 0 Å². The Kier molecular flexibility index (Phi) is 5.98. The van der Waals surface area contributed by atoms with Crippen molar-refractivity contribution in [1.29, 1.82) is 0 Å². The maximum Gasteiger partial charge on any atom is 0.431 e. The number of imidazole rings is 1. The third kappa shape index (κ3) is 4.11. The molecule has 0 aliphatic carbocycles. The van der Waals surface area contributed by atoms with Gasteiger partial charge in [-0.25, -0.2) is 0 Å². The molecule has 162 valence electrons. The smallest absolute Gasteiger partial charge is 0.197 e. The van der Waals surface area contributed by atoms with Gasteiger partial charge in [-0.15, -0.1) is 0 Å². The lowest BCUT2D eigenvalue weighted by atomic mass is 10.0. The summed E-state index contributed by atoms with van der Waals surface area (Å²) in [5, 5.41) is 9.83. The second-order valence-corrected chi connectivity index (χ2v) is 8.89. The van der Waals surface area contributed by atoms with Gasteiger partial charge >= 0.3 is 5.95 Å². The summed E-state index contributed by atoms with van der Waals surface area (Å²) in [5.74, 6) is 0.718. The Morgan fingerprint density at radius 2 is 1.31 bits per heavy atom. The number of rotatable bonds is 4. The first-order valence-corrected chi connectivity index (χ1v) is 11.1. The van der Waals surface area contributed by atoms with Crippen LogP contribution < -0.4 is 4.57 Å². The zero-order chi connectivity index (χ0) is 23.0. The fourth-order valence-electron chi connectivity index (χ4n) is 4.56. The van der Waals surface area contributed by atoms with E-state index in [-0.39, 0.29) is 0 Å². The van der Waals surface area contributed by atoms with Crippen LogP contribution in [0.2, 0.25) is 5.02 Å². The minimum atomic E-state index is 0.575. The van der Waals surface area contributed by atoms with E-state index in [2.05, 4.69) is 92.5 Å². The molecular formula is C27H28ClN4+. The summed E-state index contributed by atoms with van der Waals surface area (Å²) < 4.78 is 4.23. The van der Waals surface area contributed by atoms with Crippen LogP contribution in [0, 0.1) is 41.5 Å². The van der Waals surface area contributed by atoms with Crippen LogP contribution in [0.4, 0.5) is 11.6 Å². The third-order valence-electron chi connectivity index (χ3n) is 5.65. The Labute approximate surface area is 194 Å². The van der Waals surface area contributed by atoms with Crippen LogP contribution in [0.1, 0.15) is 33.4 Å². The molecule has 1 aromatic heterocycles. The minimum Gasteiger partial charge on any atom is -0.197 e. The van der Waals surface area contributed by atoms with Gasteiger partial charge in [-0.05, 0) is 75.9 Å². The quantitative estimate of drug-likeness (QED) is 0.229. The highest BCUT2D eigenvalue weighted by Crippen LogP contribution is 2.30. The number of aromatic nitrogens is 2. The molecule has 0 amide bonds. The summed E-state index contributed by atoms with van der Waals surface area (Å²) >= 11 is 6.35. The van der Waals surface area contributed by atoms with E-state index < -0.39 is 0 Å². The van der Waals surface area contributed by atoms with Crippen molar-refractivity contribution in [3.05, 3.63) is 99.3 Å². The topological polar surface area (TPSA) is 33.5 Å². The molecule has 0 bridgehead atoms. The van der Waals surface area contributed by atoms with E-state index in [4.69, 9.17) is 16.7 Å². The highest BCUT2D eigenvalue weighted by Gasteiger charge is 2.25. The highest BCUT2D eigenvalue weighted by molar-refractivity contribution is 6.32. The van der Waals surface area contributed by atoms with E-state index in [0.29, 0.717) is 10.7 Å². The summed E-state index contributed by atoms with van der Waals surface area (Å²) in [5.41, 5.74) is 10.1. The lowest BCUT2D eigenvalue weighted by Crippen LogP contribution is -2.31. The highest BCUT2D eigenvalue weighted by atomic mass is 35.5. The first kappa shape index (κ1) is 22.0. The fourth-order valence-corrected chi connectivity index (χ4v) is 4.74. The molecule has 4 rings (SSSR count). The number of aryl methyl sites for hydroxylation is 6. The van der Waals surface area contributed by atoms with Crippen molar-refractivity contribution >= 4 is 23.2 Å². The largest absolute Gasteiger partial charge is 0.431 e. The average Bonchev–Trinajstić information content (AvgIpc) is 3.09. The van der Waals surface area contributed by atoms with E-state index in [1.54, 1.807) is 0 Å². The van der Waals surface area contributed by atoms with E-state index in [1.807, 2.05) is 24.3 Å². The van der Waals surface area contributed by atoms with E-state index >= 15 is 0 Å². The van der Waals surface area contributed by atoms with E-state index in [9.17, 15) is 0 Å². The average molecular weight is 444 g/mol. The van der Waals surface area contributed by atoms with Gasteiger partial charge in [0.25, 0.3) is 0 Å². The predicted molar refractivity (Wildman–Crippen MR) is 131 cm³/mol. The second kappa shape index (κ2) is 8.71. The molecule has 0 aliphatic rings. The van der Waals surface area contributed by atoms with Crippen LogP contribution >= 0.6 is 11.6 Å². The zero-order valence-electron chi connectivity index (χ0n) is 19.4. The van der Waals surface area contributed by atoms with Gasteiger partial charge in [0.1, 0.15) is 29.5 Å². The van der Waals surface area contributed by atoms with Crippen molar-refractivity contribution in [1.82, 2.24) is 4.57 Å². The zero-order valence-corrected chi connectivity index (χ0v) is 20.2. The van der Waals surface area contributed by atoms with Gasteiger partial charge in [-0.1, -0.05) is 64.2 Å². The summed E-state index contributed by atoms with van der Waals surface area (Å²) in [4.78, 5) is 0. The number of halogens is 1. The van der Waals surface area contributed by atoms with Crippen LogP contribution in [0.3, 0.4) is 0 Å². The van der Waals surface area contributed by atoms with Crippen molar-refractivity contribution < 1.29 is 4.57 Å². The molecule has 5 heteroatoms. The SMILES string of the molecule is Cc1cc(C)c(-n2cc[n+](-c3c(C)cc(C)cc3C)c2N=Nc2ccccc2Cl)c(C)c1. The van der Waals surface area contributed by atoms with Crippen molar-refractivity contribution in [3.63, 3.8) is 0 Å². The maximum atomic E-state index is 6.35. The monoisotopic (exact) mass is 443 g/mol. The number of benzene rings is 3. The Hall–Kier alpha value is -3.24. The summed E-state index contributed by atoms with van der Waals surface area (Å²) in [6, 6.07) is 16.3. The molecule has 4 aromatic rings. The Balaban J connectivity index is 1.98. The second-order valence-electron chi connectivity index (χ2n) is 8.48. The predicted octanol–water partition coefficient (Wildman–Crippen LogP) is 7.67. The molecule has 0 saturated heterocycles. The summed E-state index contributed by atoms with van der Waals surface area (Å²) in [6.07, 6.45) is 4.12. The molecule has 3 aromatic carbocycles. The molecular weight excluding hydrogens is 416 g/mol. The fraction of sp³-hybridized carbons (Fsp3) is 0.222. The van der Waals surface area contributed by atoms with E-state index in [1.165, 1.54) is 33.4 Å². The normalized spacial score (nSPS) is 11.5. The number of hydrogen-bond donors (Lipinski definition) is 0. The molecule has 4 nitrogen and oxygen atoms in total. The number of hydrogen-bond acceptors (Lipinski definition) is 2. The number of azo groups is 1. The molecule has 0 saturated carbocycles. The van der Waals surface area contributed by atoms with Gasteiger partial charge in [-0.3, -0.25) is 0 Å². The van der Waals surface area contributed by atoms with Crippen molar-refractivity contribution in [2.45, 2.75) is 41.5 Å². The van der Waals surface area contributed by atoms with Gasteiger partial charge in [0.15, 0.2) is 0 Å². The first-order chi connectivity index (χ1) is 15.3. The Bertz CT molecular complexity index is 1230. The van der Waals surface area contributed by atoms with Gasteiger partial charge in [0.05, 0.1) is 5.02 Å².